The molecule has 8 heteroatoms. The van der Waals surface area contributed by atoms with Gasteiger partial charge in [-0.15, -0.1) is 10.2 Å². The summed E-state index contributed by atoms with van der Waals surface area (Å²) < 4.78 is 16.4. The molecule has 154 valence electrons. The Bertz CT molecular complexity index is 1140. The van der Waals surface area contributed by atoms with Crippen molar-refractivity contribution < 1.29 is 19.3 Å². The van der Waals surface area contributed by atoms with Gasteiger partial charge < -0.3 is 19.3 Å². The molecule has 0 saturated carbocycles. The predicted molar refractivity (Wildman–Crippen MR) is 112 cm³/mol. The van der Waals surface area contributed by atoms with Gasteiger partial charge in [-0.05, 0) is 34.9 Å². The van der Waals surface area contributed by atoms with Gasteiger partial charge in [0.15, 0.2) is 11.5 Å². The van der Waals surface area contributed by atoms with Crippen LogP contribution in [0.1, 0.15) is 0 Å². The van der Waals surface area contributed by atoms with Gasteiger partial charge in [0.05, 0.1) is 20.8 Å². The molecule has 1 aromatic heterocycles. The number of hydrogen-bond acceptors (Lipinski definition) is 7. The molecular formula is C22H22N4O4. The first kappa shape index (κ1) is 19.7. The van der Waals surface area contributed by atoms with Crippen molar-refractivity contribution in [3.8, 4) is 28.6 Å². The maximum absolute atomic E-state index is 10.4. The summed E-state index contributed by atoms with van der Waals surface area (Å²) in [6, 6.07) is 19.2. The van der Waals surface area contributed by atoms with Gasteiger partial charge in [0.2, 0.25) is 5.82 Å². The third-order valence-corrected chi connectivity index (χ3v) is 4.65. The lowest BCUT2D eigenvalue weighted by molar-refractivity contribution is 0.0857. The summed E-state index contributed by atoms with van der Waals surface area (Å²) in [4.78, 5) is 1.35. The molecule has 30 heavy (non-hydrogen) atoms. The van der Waals surface area contributed by atoms with Crippen molar-refractivity contribution in [2.45, 2.75) is 12.6 Å². The number of benzene rings is 3. The number of fused-ring (bicyclic) bond motifs is 1. The van der Waals surface area contributed by atoms with E-state index in [2.05, 4.69) is 15.4 Å². The molecular weight excluding hydrogens is 384 g/mol. The molecule has 1 heterocycles. The quantitative estimate of drug-likeness (QED) is 0.481. The molecule has 1 N–H and O–H groups in total. The standard InChI is InChI=1S/C22H22N4O4/c1-28-20-11-10-16(12-21(20)29-2)22-23-25-26(24-22)13-17(27)14-30-19-9-5-7-15-6-3-4-8-18(15)19/h3-12,17,27H,13-14H2,1-2H3/t17-/m1/s1. The Morgan fingerprint density at radius 3 is 2.57 bits per heavy atom. The molecule has 8 nitrogen and oxygen atoms in total. The Balaban J connectivity index is 1.41. The van der Waals surface area contributed by atoms with Gasteiger partial charge in [0, 0.05) is 10.9 Å². The maximum atomic E-state index is 10.4. The lowest BCUT2D eigenvalue weighted by Crippen LogP contribution is -2.25. The second kappa shape index (κ2) is 8.79. The van der Waals surface area contributed by atoms with Crippen LogP contribution in [0.3, 0.4) is 0 Å². The zero-order valence-electron chi connectivity index (χ0n) is 16.7. The van der Waals surface area contributed by atoms with Gasteiger partial charge in [0.25, 0.3) is 0 Å². The zero-order chi connectivity index (χ0) is 20.9. The fraction of sp³-hybridized carbons (Fsp3) is 0.227. The van der Waals surface area contributed by atoms with Crippen LogP contribution in [-0.4, -0.2) is 52.2 Å². The zero-order valence-corrected chi connectivity index (χ0v) is 16.7. The van der Waals surface area contributed by atoms with Gasteiger partial charge >= 0.3 is 0 Å². The molecule has 3 aromatic carbocycles. The first-order chi connectivity index (χ1) is 14.7. The van der Waals surface area contributed by atoms with E-state index >= 15 is 0 Å². The summed E-state index contributed by atoms with van der Waals surface area (Å²) in [5, 5.41) is 24.9. The SMILES string of the molecule is COc1ccc(-c2nnn(C[C@@H](O)COc3cccc4ccccc34)n2)cc1OC. The number of hydrogen-bond donors (Lipinski definition) is 1. The lowest BCUT2D eigenvalue weighted by atomic mass is 10.1. The molecule has 0 fully saturated rings. The van der Waals surface area contributed by atoms with Crippen LogP contribution in [0.5, 0.6) is 17.2 Å². The number of rotatable bonds is 8. The van der Waals surface area contributed by atoms with Crippen molar-refractivity contribution in [1.82, 2.24) is 20.2 Å². The van der Waals surface area contributed by atoms with Crippen molar-refractivity contribution in [1.29, 1.82) is 0 Å². The number of tetrazole rings is 1. The molecule has 0 spiro atoms. The smallest absolute Gasteiger partial charge is 0.205 e. The van der Waals surface area contributed by atoms with Crippen LogP contribution >= 0.6 is 0 Å². The highest BCUT2D eigenvalue weighted by Gasteiger charge is 2.14. The average molecular weight is 406 g/mol. The second-order valence-corrected chi connectivity index (χ2v) is 6.68. The molecule has 4 rings (SSSR count). The molecule has 0 unspecified atom stereocenters. The van der Waals surface area contributed by atoms with Crippen LogP contribution in [0.2, 0.25) is 0 Å². The van der Waals surface area contributed by atoms with E-state index in [0.717, 1.165) is 22.1 Å². The average Bonchev–Trinajstić information content (AvgIpc) is 3.25. The Hall–Kier alpha value is -3.65. The Morgan fingerprint density at radius 1 is 0.933 bits per heavy atom. The monoisotopic (exact) mass is 406 g/mol. The van der Waals surface area contributed by atoms with Crippen molar-refractivity contribution >= 4 is 10.8 Å². The lowest BCUT2D eigenvalue weighted by Gasteiger charge is -2.13. The number of aliphatic hydroxyl groups excluding tert-OH is 1. The van der Waals surface area contributed by atoms with E-state index in [1.807, 2.05) is 48.5 Å². The van der Waals surface area contributed by atoms with E-state index in [0.29, 0.717) is 17.3 Å². The number of nitrogens with zero attached hydrogens (tertiary/aromatic N) is 4. The molecule has 0 radical (unpaired) electrons. The maximum Gasteiger partial charge on any atom is 0.205 e. The number of ether oxygens (including phenoxy) is 3. The van der Waals surface area contributed by atoms with Gasteiger partial charge in [-0.3, -0.25) is 0 Å². The van der Waals surface area contributed by atoms with Crippen LogP contribution < -0.4 is 14.2 Å². The molecule has 0 amide bonds. The van der Waals surface area contributed by atoms with Crippen LogP contribution in [0.15, 0.2) is 60.7 Å². The normalized spacial score (nSPS) is 12.0. The number of methoxy groups -OCH3 is 2. The minimum Gasteiger partial charge on any atom is -0.493 e. The topological polar surface area (TPSA) is 91.5 Å². The van der Waals surface area contributed by atoms with Crippen molar-refractivity contribution in [2.24, 2.45) is 0 Å². The van der Waals surface area contributed by atoms with E-state index in [9.17, 15) is 5.11 Å². The minimum absolute atomic E-state index is 0.112. The van der Waals surface area contributed by atoms with Crippen molar-refractivity contribution in [2.75, 3.05) is 20.8 Å². The summed E-state index contributed by atoms with van der Waals surface area (Å²) in [6.45, 7) is 0.270. The van der Waals surface area contributed by atoms with Gasteiger partial charge in [0.1, 0.15) is 18.5 Å². The fourth-order valence-corrected chi connectivity index (χ4v) is 3.16. The summed E-state index contributed by atoms with van der Waals surface area (Å²) in [7, 11) is 3.14. The summed E-state index contributed by atoms with van der Waals surface area (Å²) in [5.74, 6) is 2.35. The first-order valence-electron chi connectivity index (χ1n) is 9.47. The third kappa shape index (κ3) is 4.18. The van der Waals surface area contributed by atoms with Crippen molar-refractivity contribution in [3.63, 3.8) is 0 Å². The Morgan fingerprint density at radius 2 is 1.73 bits per heavy atom. The molecule has 0 saturated heterocycles. The number of aliphatic hydroxyl groups is 1. The van der Waals surface area contributed by atoms with E-state index in [4.69, 9.17) is 14.2 Å². The Labute approximate surface area is 173 Å². The molecule has 0 aliphatic rings. The van der Waals surface area contributed by atoms with Crippen LogP contribution in [0, 0.1) is 0 Å². The molecule has 0 bridgehead atoms. The fourth-order valence-electron chi connectivity index (χ4n) is 3.16. The molecule has 4 aromatic rings. The highest BCUT2D eigenvalue weighted by Crippen LogP contribution is 2.30. The largest absolute Gasteiger partial charge is 0.493 e. The number of aromatic nitrogens is 4. The van der Waals surface area contributed by atoms with E-state index in [1.54, 1.807) is 26.4 Å². The molecule has 1 atom stereocenters. The van der Waals surface area contributed by atoms with Gasteiger partial charge in [-0.25, -0.2) is 0 Å². The van der Waals surface area contributed by atoms with E-state index in [-0.39, 0.29) is 13.2 Å². The van der Waals surface area contributed by atoms with Crippen LogP contribution in [0.4, 0.5) is 0 Å². The summed E-state index contributed by atoms with van der Waals surface area (Å²) in [6.07, 6.45) is -0.795. The highest BCUT2D eigenvalue weighted by atomic mass is 16.5. The van der Waals surface area contributed by atoms with Gasteiger partial charge in [-0.2, -0.15) is 4.80 Å². The third-order valence-electron chi connectivity index (χ3n) is 4.65. The van der Waals surface area contributed by atoms with Crippen molar-refractivity contribution in [3.05, 3.63) is 60.7 Å². The van der Waals surface area contributed by atoms with E-state index in [1.165, 1.54) is 4.80 Å². The van der Waals surface area contributed by atoms with Gasteiger partial charge in [-0.1, -0.05) is 36.4 Å². The second-order valence-electron chi connectivity index (χ2n) is 6.68. The van der Waals surface area contributed by atoms with E-state index < -0.39 is 6.10 Å². The first-order valence-corrected chi connectivity index (χ1v) is 9.47. The summed E-state index contributed by atoms with van der Waals surface area (Å²) >= 11 is 0. The highest BCUT2D eigenvalue weighted by molar-refractivity contribution is 5.88. The van der Waals surface area contributed by atoms with Crippen LogP contribution in [0.25, 0.3) is 22.2 Å². The molecule has 0 aliphatic carbocycles. The van der Waals surface area contributed by atoms with Crippen LogP contribution in [-0.2, 0) is 6.54 Å². The summed E-state index contributed by atoms with van der Waals surface area (Å²) in [5.41, 5.74) is 0.736. The predicted octanol–water partition coefficient (Wildman–Crippen LogP) is 2.95. The minimum atomic E-state index is -0.795. The molecule has 0 aliphatic heterocycles. The Kier molecular flexibility index (Phi) is 5.76.